The summed E-state index contributed by atoms with van der Waals surface area (Å²) in [5.74, 6) is 1.41. The van der Waals surface area contributed by atoms with E-state index in [-0.39, 0.29) is 5.91 Å². The highest BCUT2D eigenvalue weighted by atomic mass is 35.5. The van der Waals surface area contributed by atoms with Crippen molar-refractivity contribution < 1.29 is 9.53 Å². The molecule has 6 nitrogen and oxygen atoms in total. The Balaban J connectivity index is 1.94. The predicted octanol–water partition coefficient (Wildman–Crippen LogP) is 3.18. The molecule has 0 aliphatic rings. The van der Waals surface area contributed by atoms with Crippen molar-refractivity contribution in [1.29, 1.82) is 0 Å². The molecule has 0 saturated carbocycles. The summed E-state index contributed by atoms with van der Waals surface area (Å²) >= 11 is 6.05. The van der Waals surface area contributed by atoms with E-state index in [2.05, 4.69) is 15.6 Å². The van der Waals surface area contributed by atoms with Gasteiger partial charge in [0.25, 0.3) is 5.91 Å². The molecule has 0 unspecified atom stereocenters. The Hall–Kier alpha value is -2.73. The minimum absolute atomic E-state index is 0.201. The first-order chi connectivity index (χ1) is 13.6. The van der Waals surface area contributed by atoms with Crippen molar-refractivity contribution in [2.24, 2.45) is 4.99 Å². The van der Waals surface area contributed by atoms with Crippen LogP contribution in [0.2, 0.25) is 5.02 Å². The quantitative estimate of drug-likeness (QED) is 0.404. The van der Waals surface area contributed by atoms with Crippen LogP contribution in [0.1, 0.15) is 22.8 Å². The van der Waals surface area contributed by atoms with Gasteiger partial charge in [-0.25, -0.2) is 0 Å². The van der Waals surface area contributed by atoms with Crippen LogP contribution < -0.4 is 15.4 Å². The second-order valence-corrected chi connectivity index (χ2v) is 6.55. The summed E-state index contributed by atoms with van der Waals surface area (Å²) in [5.41, 5.74) is 1.54. The van der Waals surface area contributed by atoms with Crippen molar-refractivity contribution in [2.75, 3.05) is 33.8 Å². The van der Waals surface area contributed by atoms with Crippen LogP contribution >= 0.6 is 11.6 Å². The molecular weight excluding hydrogens is 376 g/mol. The summed E-state index contributed by atoms with van der Waals surface area (Å²) in [6, 6.07) is 14.9. The maximum atomic E-state index is 12.2. The summed E-state index contributed by atoms with van der Waals surface area (Å²) in [6.45, 7) is 4.30. The molecule has 0 aliphatic carbocycles. The molecule has 0 bridgehead atoms. The van der Waals surface area contributed by atoms with Crippen LogP contribution in [0, 0.1) is 0 Å². The number of methoxy groups -OCH3 is 1. The maximum Gasteiger partial charge on any atom is 0.252 e. The smallest absolute Gasteiger partial charge is 0.252 e. The number of aliphatic imine (C=N–C) groups is 1. The zero-order valence-corrected chi connectivity index (χ0v) is 17.3. The van der Waals surface area contributed by atoms with Crippen molar-refractivity contribution in [1.82, 2.24) is 15.5 Å². The largest absolute Gasteiger partial charge is 0.496 e. The van der Waals surface area contributed by atoms with Gasteiger partial charge in [-0.3, -0.25) is 9.79 Å². The lowest BCUT2D eigenvalue weighted by atomic mass is 10.2. The fraction of sp³-hybridized carbons (Fsp3) is 0.333. The highest BCUT2D eigenvalue weighted by Crippen LogP contribution is 2.18. The highest BCUT2D eigenvalue weighted by Gasteiger charge is 2.11. The van der Waals surface area contributed by atoms with Gasteiger partial charge in [0.15, 0.2) is 5.96 Å². The Labute approximate surface area is 171 Å². The first kappa shape index (κ1) is 21.6. The summed E-state index contributed by atoms with van der Waals surface area (Å²) < 4.78 is 5.42. The zero-order valence-electron chi connectivity index (χ0n) is 16.5. The van der Waals surface area contributed by atoms with E-state index in [1.54, 1.807) is 31.4 Å². The van der Waals surface area contributed by atoms with E-state index < -0.39 is 0 Å². The number of ether oxygens (including phenoxy) is 1. The van der Waals surface area contributed by atoms with Gasteiger partial charge in [0, 0.05) is 32.2 Å². The van der Waals surface area contributed by atoms with Gasteiger partial charge < -0.3 is 20.3 Å². The van der Waals surface area contributed by atoms with Crippen LogP contribution in [0.3, 0.4) is 0 Å². The third-order valence-corrected chi connectivity index (χ3v) is 4.40. The molecule has 150 valence electrons. The number of carbonyl (C=O) groups is 1. The molecule has 0 fully saturated rings. The van der Waals surface area contributed by atoms with Crippen LogP contribution in [-0.2, 0) is 6.54 Å². The molecule has 28 heavy (non-hydrogen) atoms. The molecule has 0 saturated heterocycles. The summed E-state index contributed by atoms with van der Waals surface area (Å²) in [4.78, 5) is 18.8. The third kappa shape index (κ3) is 6.16. The number of guanidine groups is 1. The highest BCUT2D eigenvalue weighted by molar-refractivity contribution is 6.33. The lowest BCUT2D eigenvalue weighted by Crippen LogP contribution is -2.39. The van der Waals surface area contributed by atoms with E-state index in [4.69, 9.17) is 16.3 Å². The topological polar surface area (TPSA) is 66.0 Å². The number of hydrogen-bond acceptors (Lipinski definition) is 3. The molecule has 0 spiro atoms. The zero-order chi connectivity index (χ0) is 20.4. The third-order valence-electron chi connectivity index (χ3n) is 4.07. The molecule has 0 atom stereocenters. The van der Waals surface area contributed by atoms with Gasteiger partial charge in [-0.1, -0.05) is 41.9 Å². The van der Waals surface area contributed by atoms with E-state index in [1.807, 2.05) is 43.1 Å². The Bertz CT molecular complexity index is 810. The van der Waals surface area contributed by atoms with Crippen molar-refractivity contribution in [2.45, 2.75) is 13.5 Å². The van der Waals surface area contributed by atoms with Gasteiger partial charge >= 0.3 is 0 Å². The Morgan fingerprint density at radius 3 is 2.57 bits per heavy atom. The predicted molar refractivity (Wildman–Crippen MR) is 114 cm³/mol. The van der Waals surface area contributed by atoms with Crippen LogP contribution in [0.5, 0.6) is 5.75 Å². The fourth-order valence-electron chi connectivity index (χ4n) is 2.71. The number of nitrogens with zero attached hydrogens (tertiary/aromatic N) is 2. The van der Waals surface area contributed by atoms with Gasteiger partial charge in [-0.15, -0.1) is 0 Å². The van der Waals surface area contributed by atoms with E-state index in [1.165, 1.54) is 0 Å². The molecule has 1 amide bonds. The Morgan fingerprint density at radius 1 is 1.14 bits per heavy atom. The SMILES string of the molecule is CCNC(=NCCNC(=O)c1ccccc1Cl)N(C)Cc1ccccc1OC. The van der Waals surface area contributed by atoms with Crippen molar-refractivity contribution in [3.05, 3.63) is 64.7 Å². The van der Waals surface area contributed by atoms with E-state index in [9.17, 15) is 4.79 Å². The number of hydrogen-bond donors (Lipinski definition) is 2. The lowest BCUT2D eigenvalue weighted by Gasteiger charge is -2.23. The molecule has 0 heterocycles. The van der Waals surface area contributed by atoms with Crippen LogP contribution in [0.25, 0.3) is 0 Å². The lowest BCUT2D eigenvalue weighted by molar-refractivity contribution is 0.0955. The van der Waals surface area contributed by atoms with Gasteiger partial charge in [-0.05, 0) is 25.1 Å². The average Bonchev–Trinajstić information content (AvgIpc) is 2.70. The molecule has 2 N–H and O–H groups in total. The Morgan fingerprint density at radius 2 is 1.86 bits per heavy atom. The van der Waals surface area contributed by atoms with E-state index in [0.717, 1.165) is 23.8 Å². The monoisotopic (exact) mass is 402 g/mol. The van der Waals surface area contributed by atoms with Crippen molar-refractivity contribution >= 4 is 23.5 Å². The number of carbonyl (C=O) groups excluding carboxylic acids is 1. The summed E-state index contributed by atoms with van der Waals surface area (Å²) in [6.07, 6.45) is 0. The summed E-state index contributed by atoms with van der Waals surface area (Å²) in [5, 5.41) is 6.56. The molecule has 7 heteroatoms. The summed E-state index contributed by atoms with van der Waals surface area (Å²) in [7, 11) is 3.63. The number of nitrogens with one attached hydrogen (secondary N) is 2. The van der Waals surface area contributed by atoms with Crippen molar-refractivity contribution in [3.63, 3.8) is 0 Å². The second-order valence-electron chi connectivity index (χ2n) is 6.14. The van der Waals surface area contributed by atoms with Gasteiger partial charge in [-0.2, -0.15) is 0 Å². The van der Waals surface area contributed by atoms with Crippen LogP contribution in [-0.4, -0.2) is 50.6 Å². The number of para-hydroxylation sites is 1. The fourth-order valence-corrected chi connectivity index (χ4v) is 2.93. The molecule has 2 rings (SSSR count). The van der Waals surface area contributed by atoms with Crippen LogP contribution in [0.15, 0.2) is 53.5 Å². The molecule has 0 aromatic heterocycles. The normalized spacial score (nSPS) is 11.1. The molecular formula is C21H27ClN4O2. The van der Waals surface area contributed by atoms with Crippen LogP contribution in [0.4, 0.5) is 0 Å². The average molecular weight is 403 g/mol. The molecule has 0 aliphatic heterocycles. The second kappa shape index (κ2) is 11.2. The van der Waals surface area contributed by atoms with Gasteiger partial charge in [0.2, 0.25) is 0 Å². The minimum atomic E-state index is -0.201. The van der Waals surface area contributed by atoms with E-state index in [0.29, 0.717) is 30.2 Å². The van der Waals surface area contributed by atoms with Crippen molar-refractivity contribution in [3.8, 4) is 5.75 Å². The maximum absolute atomic E-state index is 12.2. The number of rotatable bonds is 8. The Kier molecular flexibility index (Phi) is 8.62. The minimum Gasteiger partial charge on any atom is -0.496 e. The number of amides is 1. The number of halogens is 1. The number of benzene rings is 2. The molecule has 2 aromatic carbocycles. The van der Waals surface area contributed by atoms with Gasteiger partial charge in [0.05, 0.1) is 24.2 Å². The van der Waals surface area contributed by atoms with Gasteiger partial charge in [0.1, 0.15) is 5.75 Å². The first-order valence-electron chi connectivity index (χ1n) is 9.20. The van der Waals surface area contributed by atoms with E-state index >= 15 is 0 Å². The molecule has 0 radical (unpaired) electrons. The standard InChI is InChI=1S/C21H27ClN4O2/c1-4-23-21(26(2)15-16-9-5-8-12-19(16)28-3)25-14-13-24-20(27)17-10-6-7-11-18(17)22/h5-12H,4,13-15H2,1-3H3,(H,23,25)(H,24,27). The molecule has 2 aromatic rings. The first-order valence-corrected chi connectivity index (χ1v) is 9.58.